The minimum Gasteiger partial charge on any atom is -0.493 e. The van der Waals surface area contributed by atoms with Crippen molar-refractivity contribution in [2.75, 3.05) is 21.3 Å². The molecule has 0 spiro atoms. The Morgan fingerprint density at radius 1 is 1.00 bits per heavy atom. The second-order valence-electron chi connectivity index (χ2n) is 5.22. The molecule has 0 saturated carbocycles. The fourth-order valence-electron chi connectivity index (χ4n) is 2.94. The molecule has 114 valence electrons. The zero-order valence-electron chi connectivity index (χ0n) is 13.5. The highest BCUT2D eigenvalue weighted by atomic mass is 16.5. The first-order chi connectivity index (χ1) is 9.71. The van der Waals surface area contributed by atoms with Crippen LogP contribution in [0.15, 0.2) is 18.2 Å². The number of methoxy groups -OCH3 is 2. The van der Waals surface area contributed by atoms with Gasteiger partial charge >= 0.3 is 0 Å². The predicted molar refractivity (Wildman–Crippen MR) is 84.7 cm³/mol. The summed E-state index contributed by atoms with van der Waals surface area (Å²) in [6.45, 7) is 4.51. The van der Waals surface area contributed by atoms with Gasteiger partial charge in [0.05, 0.1) is 14.2 Å². The van der Waals surface area contributed by atoms with Gasteiger partial charge in [-0.25, -0.2) is 0 Å². The first-order valence-electron chi connectivity index (χ1n) is 7.60. The van der Waals surface area contributed by atoms with Gasteiger partial charge < -0.3 is 14.8 Å². The molecule has 0 radical (unpaired) electrons. The van der Waals surface area contributed by atoms with Gasteiger partial charge in [0.25, 0.3) is 0 Å². The molecule has 0 bridgehead atoms. The lowest BCUT2D eigenvalue weighted by Gasteiger charge is -2.27. The van der Waals surface area contributed by atoms with Crippen molar-refractivity contribution in [3.8, 4) is 11.5 Å². The zero-order chi connectivity index (χ0) is 15.0. The Bertz CT molecular complexity index is 387. The number of rotatable bonds is 9. The molecular weight excluding hydrogens is 250 g/mol. The third-order valence-electron chi connectivity index (χ3n) is 3.87. The quantitative estimate of drug-likeness (QED) is 0.735. The number of ether oxygens (including phenoxy) is 2. The fraction of sp³-hybridized carbons (Fsp3) is 0.647. The Kier molecular flexibility index (Phi) is 7.45. The van der Waals surface area contributed by atoms with Gasteiger partial charge in [-0.1, -0.05) is 32.8 Å². The van der Waals surface area contributed by atoms with Crippen LogP contribution in [-0.4, -0.2) is 21.3 Å². The van der Waals surface area contributed by atoms with Crippen LogP contribution in [0, 0.1) is 5.92 Å². The Labute approximate surface area is 123 Å². The van der Waals surface area contributed by atoms with Gasteiger partial charge in [-0.2, -0.15) is 0 Å². The van der Waals surface area contributed by atoms with Gasteiger partial charge in [0, 0.05) is 6.04 Å². The van der Waals surface area contributed by atoms with Crippen LogP contribution in [-0.2, 0) is 0 Å². The minimum atomic E-state index is 0.370. The Morgan fingerprint density at radius 3 is 2.05 bits per heavy atom. The topological polar surface area (TPSA) is 30.5 Å². The normalized spacial score (nSPS) is 12.5. The average Bonchev–Trinajstić information content (AvgIpc) is 2.48. The highest BCUT2D eigenvalue weighted by molar-refractivity contribution is 5.43. The lowest BCUT2D eigenvalue weighted by atomic mass is 9.86. The summed E-state index contributed by atoms with van der Waals surface area (Å²) in [4.78, 5) is 0. The molecular formula is C17H29NO2. The summed E-state index contributed by atoms with van der Waals surface area (Å²) in [7, 11) is 5.40. The van der Waals surface area contributed by atoms with Crippen LogP contribution in [0.3, 0.4) is 0 Å². The third kappa shape index (κ3) is 4.14. The molecule has 0 saturated heterocycles. The molecule has 3 heteroatoms. The Balaban J connectivity index is 3.03. The van der Waals surface area contributed by atoms with Gasteiger partial charge in [0.15, 0.2) is 11.5 Å². The summed E-state index contributed by atoms with van der Waals surface area (Å²) in [6.07, 6.45) is 4.92. The van der Waals surface area contributed by atoms with Crippen LogP contribution >= 0.6 is 0 Å². The van der Waals surface area contributed by atoms with Crippen LogP contribution in [0.25, 0.3) is 0 Å². The summed E-state index contributed by atoms with van der Waals surface area (Å²) in [5, 5.41) is 3.48. The maximum absolute atomic E-state index is 5.42. The van der Waals surface area contributed by atoms with Gasteiger partial charge in [-0.05, 0) is 43.5 Å². The first-order valence-corrected chi connectivity index (χ1v) is 7.60. The number of benzene rings is 1. The SMILES string of the molecule is CCCC(CCC)C(NC)c1ccc(OC)c(OC)c1. The van der Waals surface area contributed by atoms with Gasteiger partial charge in [0.2, 0.25) is 0 Å². The highest BCUT2D eigenvalue weighted by Crippen LogP contribution is 2.35. The molecule has 0 heterocycles. The standard InChI is InChI=1S/C17H29NO2/c1-6-8-13(9-7-2)17(18-3)14-10-11-15(19-4)16(12-14)20-5/h10-13,17-18H,6-9H2,1-5H3. The molecule has 1 atom stereocenters. The fourth-order valence-corrected chi connectivity index (χ4v) is 2.94. The minimum absolute atomic E-state index is 0.370. The van der Waals surface area contributed by atoms with E-state index < -0.39 is 0 Å². The maximum Gasteiger partial charge on any atom is 0.161 e. The molecule has 1 rings (SSSR count). The van der Waals surface area contributed by atoms with Gasteiger partial charge in [-0.3, -0.25) is 0 Å². The van der Waals surface area contributed by atoms with Crippen LogP contribution in [0.5, 0.6) is 11.5 Å². The monoisotopic (exact) mass is 279 g/mol. The predicted octanol–water partition coefficient (Wildman–Crippen LogP) is 4.18. The van der Waals surface area contributed by atoms with Gasteiger partial charge in [-0.15, -0.1) is 0 Å². The molecule has 0 aliphatic rings. The molecule has 1 N–H and O–H groups in total. The summed E-state index contributed by atoms with van der Waals surface area (Å²) >= 11 is 0. The van der Waals surface area contributed by atoms with E-state index in [9.17, 15) is 0 Å². The molecule has 0 aliphatic heterocycles. The van der Waals surface area contributed by atoms with Crippen molar-refractivity contribution in [2.24, 2.45) is 5.92 Å². The largest absolute Gasteiger partial charge is 0.493 e. The van der Waals surface area contributed by atoms with Crippen molar-refractivity contribution >= 4 is 0 Å². The van der Waals surface area contributed by atoms with E-state index in [-0.39, 0.29) is 0 Å². The van der Waals surface area contributed by atoms with Crippen molar-refractivity contribution in [3.63, 3.8) is 0 Å². The van der Waals surface area contributed by atoms with E-state index >= 15 is 0 Å². The zero-order valence-corrected chi connectivity index (χ0v) is 13.5. The van der Waals surface area contributed by atoms with Crippen LogP contribution in [0.2, 0.25) is 0 Å². The molecule has 0 amide bonds. The molecule has 1 unspecified atom stereocenters. The summed E-state index contributed by atoms with van der Waals surface area (Å²) in [5.74, 6) is 2.25. The molecule has 0 fully saturated rings. The summed E-state index contributed by atoms with van der Waals surface area (Å²) in [5.41, 5.74) is 1.28. The molecule has 0 aromatic heterocycles. The molecule has 20 heavy (non-hydrogen) atoms. The number of hydrogen-bond acceptors (Lipinski definition) is 3. The van der Waals surface area contributed by atoms with Crippen molar-refractivity contribution in [1.82, 2.24) is 5.32 Å². The molecule has 3 nitrogen and oxygen atoms in total. The van der Waals surface area contributed by atoms with E-state index in [2.05, 4.69) is 31.3 Å². The van der Waals surface area contributed by atoms with E-state index in [4.69, 9.17) is 9.47 Å². The lowest BCUT2D eigenvalue weighted by Crippen LogP contribution is -2.25. The molecule has 0 aliphatic carbocycles. The molecule has 1 aromatic carbocycles. The van der Waals surface area contributed by atoms with E-state index in [0.29, 0.717) is 12.0 Å². The Morgan fingerprint density at radius 2 is 1.60 bits per heavy atom. The van der Waals surface area contributed by atoms with Crippen molar-refractivity contribution in [1.29, 1.82) is 0 Å². The number of nitrogens with one attached hydrogen (secondary N) is 1. The van der Waals surface area contributed by atoms with Crippen LogP contribution in [0.1, 0.15) is 51.1 Å². The number of hydrogen-bond donors (Lipinski definition) is 1. The summed E-state index contributed by atoms with van der Waals surface area (Å²) in [6, 6.07) is 6.60. The lowest BCUT2D eigenvalue weighted by molar-refractivity contribution is 0.326. The van der Waals surface area contributed by atoms with E-state index in [1.165, 1.54) is 31.2 Å². The van der Waals surface area contributed by atoms with Crippen molar-refractivity contribution < 1.29 is 9.47 Å². The second kappa shape index (κ2) is 8.85. The maximum atomic E-state index is 5.42. The molecule has 1 aromatic rings. The Hall–Kier alpha value is -1.22. The summed E-state index contributed by atoms with van der Waals surface area (Å²) < 4.78 is 10.7. The van der Waals surface area contributed by atoms with Crippen molar-refractivity contribution in [2.45, 2.75) is 45.6 Å². The van der Waals surface area contributed by atoms with E-state index in [0.717, 1.165) is 11.5 Å². The van der Waals surface area contributed by atoms with Crippen LogP contribution < -0.4 is 14.8 Å². The second-order valence-corrected chi connectivity index (χ2v) is 5.22. The van der Waals surface area contributed by atoms with E-state index in [1.807, 2.05) is 13.1 Å². The third-order valence-corrected chi connectivity index (χ3v) is 3.87. The van der Waals surface area contributed by atoms with Crippen LogP contribution in [0.4, 0.5) is 0 Å². The average molecular weight is 279 g/mol. The van der Waals surface area contributed by atoms with E-state index in [1.54, 1.807) is 14.2 Å². The van der Waals surface area contributed by atoms with Crippen molar-refractivity contribution in [3.05, 3.63) is 23.8 Å². The van der Waals surface area contributed by atoms with Gasteiger partial charge in [0.1, 0.15) is 0 Å². The highest BCUT2D eigenvalue weighted by Gasteiger charge is 2.21. The smallest absolute Gasteiger partial charge is 0.161 e. The first kappa shape index (κ1) is 16.8.